The third kappa shape index (κ3) is 27.9. The first kappa shape index (κ1) is 50.4. The van der Waals surface area contributed by atoms with Gasteiger partial charge in [-0.05, 0) is 44.9 Å². The molecule has 0 spiro atoms. The summed E-state index contributed by atoms with van der Waals surface area (Å²) in [7, 11) is 0. The van der Waals surface area contributed by atoms with Gasteiger partial charge >= 0.3 is 5.97 Å². The predicted octanol–water partition coefficient (Wildman–Crippen LogP) is 9.58. The van der Waals surface area contributed by atoms with Gasteiger partial charge in [0.05, 0.1) is 19.8 Å². The first-order valence-electron chi connectivity index (χ1n) is 22.1. The second kappa shape index (κ2) is 37.0. The van der Waals surface area contributed by atoms with Crippen molar-refractivity contribution in [3.05, 3.63) is 36.5 Å². The smallest absolute Gasteiger partial charge is 0.306 e. The van der Waals surface area contributed by atoms with E-state index in [0.717, 1.165) is 64.2 Å². The number of allylic oxidation sites excluding steroid dienone is 6. The summed E-state index contributed by atoms with van der Waals surface area (Å²) in [4.78, 5) is 12.8. The van der Waals surface area contributed by atoms with Gasteiger partial charge in [-0.15, -0.1) is 0 Å². The average Bonchev–Trinajstić information content (AvgIpc) is 3.17. The summed E-state index contributed by atoms with van der Waals surface area (Å²) in [6.45, 7) is 4.45. The number of hydrogen-bond donors (Lipinski definition) is 4. The zero-order valence-electron chi connectivity index (χ0n) is 34.5. The van der Waals surface area contributed by atoms with Crippen molar-refractivity contribution >= 4 is 5.97 Å². The molecule has 0 amide bonds. The molecule has 0 aromatic heterocycles. The Kier molecular flexibility index (Phi) is 34.6. The Morgan fingerprint density at radius 3 is 1.70 bits per heavy atom. The van der Waals surface area contributed by atoms with E-state index < -0.39 is 43.4 Å². The number of esters is 1. The van der Waals surface area contributed by atoms with E-state index in [0.29, 0.717) is 13.0 Å². The molecule has 0 aromatic carbocycles. The number of carbonyl (C=O) groups is 1. The van der Waals surface area contributed by atoms with Crippen LogP contribution < -0.4 is 0 Å². The van der Waals surface area contributed by atoms with Crippen LogP contribution in [0.1, 0.15) is 181 Å². The molecule has 0 saturated carbocycles. The highest BCUT2D eigenvalue weighted by molar-refractivity contribution is 5.69. The van der Waals surface area contributed by atoms with E-state index in [1.54, 1.807) is 0 Å². The number of aliphatic hydroxyl groups excluding tert-OH is 4. The van der Waals surface area contributed by atoms with Crippen LogP contribution in [0.5, 0.6) is 0 Å². The van der Waals surface area contributed by atoms with Crippen molar-refractivity contribution < 1.29 is 44.2 Å². The molecule has 4 N–H and O–H groups in total. The quantitative estimate of drug-likeness (QED) is 0.0277. The number of rotatable bonds is 37. The van der Waals surface area contributed by atoms with Crippen LogP contribution in [0.4, 0.5) is 0 Å². The van der Waals surface area contributed by atoms with E-state index in [4.69, 9.17) is 18.9 Å². The van der Waals surface area contributed by atoms with Crippen molar-refractivity contribution in [2.24, 2.45) is 0 Å². The molecule has 0 aromatic rings. The van der Waals surface area contributed by atoms with Crippen molar-refractivity contribution in [1.82, 2.24) is 0 Å². The number of aliphatic hydroxyl groups is 4. The molecule has 1 aliphatic rings. The lowest BCUT2D eigenvalue weighted by Gasteiger charge is -2.39. The maximum absolute atomic E-state index is 12.8. The Morgan fingerprint density at radius 2 is 1.13 bits per heavy atom. The fourth-order valence-corrected chi connectivity index (χ4v) is 6.62. The van der Waals surface area contributed by atoms with Gasteiger partial charge < -0.3 is 39.4 Å². The van der Waals surface area contributed by atoms with Gasteiger partial charge in [-0.3, -0.25) is 4.79 Å². The number of carbonyl (C=O) groups excluding carboxylic acids is 1. The normalized spacial score (nSPS) is 21.2. The van der Waals surface area contributed by atoms with Crippen LogP contribution in [-0.4, -0.2) is 89.6 Å². The maximum atomic E-state index is 12.8. The fraction of sp³-hybridized carbons (Fsp3) is 0.844. The minimum absolute atomic E-state index is 0.115. The molecule has 6 atom stereocenters. The van der Waals surface area contributed by atoms with Crippen LogP contribution in [0, 0.1) is 0 Å². The summed E-state index contributed by atoms with van der Waals surface area (Å²) < 4.78 is 22.8. The lowest BCUT2D eigenvalue weighted by atomic mass is 9.99. The Balaban J connectivity index is 2.27. The predicted molar refractivity (Wildman–Crippen MR) is 219 cm³/mol. The van der Waals surface area contributed by atoms with Crippen molar-refractivity contribution in [3.8, 4) is 0 Å². The maximum Gasteiger partial charge on any atom is 0.306 e. The summed E-state index contributed by atoms with van der Waals surface area (Å²) in [5.74, 6) is -0.323. The number of unbranched alkanes of at least 4 members (excludes halogenated alkanes) is 20. The molecule has 6 unspecified atom stereocenters. The Morgan fingerprint density at radius 1 is 0.611 bits per heavy atom. The lowest BCUT2D eigenvalue weighted by molar-refractivity contribution is -0.305. The van der Waals surface area contributed by atoms with Crippen molar-refractivity contribution in [1.29, 1.82) is 0 Å². The zero-order valence-corrected chi connectivity index (χ0v) is 34.5. The van der Waals surface area contributed by atoms with Gasteiger partial charge in [0.15, 0.2) is 6.29 Å². The molecule has 1 aliphatic heterocycles. The summed E-state index contributed by atoms with van der Waals surface area (Å²) in [6, 6.07) is 0. The Bertz CT molecular complexity index is 921. The average molecular weight is 767 g/mol. The zero-order chi connectivity index (χ0) is 39.3. The molecule has 0 bridgehead atoms. The molecule has 1 fully saturated rings. The van der Waals surface area contributed by atoms with Crippen LogP contribution in [0.2, 0.25) is 0 Å². The van der Waals surface area contributed by atoms with Gasteiger partial charge in [-0.2, -0.15) is 0 Å². The number of hydrogen-bond acceptors (Lipinski definition) is 9. The lowest BCUT2D eigenvalue weighted by Crippen LogP contribution is -2.59. The summed E-state index contributed by atoms with van der Waals surface area (Å²) in [5, 5.41) is 40.1. The van der Waals surface area contributed by atoms with Crippen molar-refractivity contribution in [2.45, 2.75) is 218 Å². The standard InChI is InChI=1S/C45H82O9/c1-3-5-7-9-11-13-15-17-19-20-21-22-24-26-28-30-32-34-41(47)53-39(38-52-45-44(50)43(49)42(48)40(36-46)54-45)37-51-35-33-31-29-27-25-23-18-16-14-12-10-8-6-4-2/h5,7,11,13,17,19,39-40,42-46,48-50H,3-4,6,8-10,12,14-16,18,20-38H2,1-2H3/b7-5-,13-11-,19-17-. The molecule has 9 nitrogen and oxygen atoms in total. The Hall–Kier alpha value is -1.59. The first-order chi connectivity index (χ1) is 26.4. The van der Waals surface area contributed by atoms with Crippen LogP contribution in [-0.2, 0) is 23.7 Å². The van der Waals surface area contributed by atoms with E-state index in [1.807, 2.05) is 0 Å². The summed E-state index contributed by atoms with van der Waals surface area (Å²) in [6.07, 6.45) is 35.9. The van der Waals surface area contributed by atoms with E-state index in [9.17, 15) is 25.2 Å². The van der Waals surface area contributed by atoms with Crippen LogP contribution >= 0.6 is 0 Å². The van der Waals surface area contributed by atoms with Gasteiger partial charge in [0, 0.05) is 13.0 Å². The minimum atomic E-state index is -1.54. The second-order valence-electron chi connectivity index (χ2n) is 15.1. The fourth-order valence-electron chi connectivity index (χ4n) is 6.62. The molecular formula is C45H82O9. The van der Waals surface area contributed by atoms with Crippen LogP contribution in [0.15, 0.2) is 36.5 Å². The molecular weight excluding hydrogens is 684 g/mol. The first-order valence-corrected chi connectivity index (χ1v) is 22.1. The SMILES string of the molecule is CC/C=C\C/C=C\C/C=C\CCCCCCCCCC(=O)OC(COCCCCCCCCCCCCCCCC)COC1OC(CO)C(O)C(O)C1O. The molecule has 54 heavy (non-hydrogen) atoms. The summed E-state index contributed by atoms with van der Waals surface area (Å²) in [5.41, 5.74) is 0. The molecule has 1 rings (SSSR count). The van der Waals surface area contributed by atoms with E-state index >= 15 is 0 Å². The van der Waals surface area contributed by atoms with Gasteiger partial charge in [-0.1, -0.05) is 166 Å². The highest BCUT2D eigenvalue weighted by Crippen LogP contribution is 2.22. The molecule has 1 saturated heterocycles. The largest absolute Gasteiger partial charge is 0.457 e. The van der Waals surface area contributed by atoms with Gasteiger partial charge in [0.1, 0.15) is 30.5 Å². The Labute approximate surface area is 330 Å². The van der Waals surface area contributed by atoms with Gasteiger partial charge in [0.2, 0.25) is 0 Å². The topological polar surface area (TPSA) is 135 Å². The monoisotopic (exact) mass is 767 g/mol. The highest BCUT2D eigenvalue weighted by Gasteiger charge is 2.44. The van der Waals surface area contributed by atoms with Crippen molar-refractivity contribution in [3.63, 3.8) is 0 Å². The molecule has 0 aliphatic carbocycles. The van der Waals surface area contributed by atoms with Crippen LogP contribution in [0.25, 0.3) is 0 Å². The van der Waals surface area contributed by atoms with E-state index in [-0.39, 0.29) is 19.2 Å². The summed E-state index contributed by atoms with van der Waals surface area (Å²) >= 11 is 0. The molecule has 316 valence electrons. The van der Waals surface area contributed by atoms with Crippen LogP contribution in [0.3, 0.4) is 0 Å². The molecule has 1 heterocycles. The van der Waals surface area contributed by atoms with Gasteiger partial charge in [-0.25, -0.2) is 0 Å². The van der Waals surface area contributed by atoms with E-state index in [1.165, 1.54) is 96.3 Å². The third-order valence-electron chi connectivity index (χ3n) is 10.1. The molecule has 9 heteroatoms. The van der Waals surface area contributed by atoms with Gasteiger partial charge in [0.25, 0.3) is 0 Å². The second-order valence-corrected chi connectivity index (χ2v) is 15.1. The number of ether oxygens (including phenoxy) is 4. The third-order valence-corrected chi connectivity index (χ3v) is 10.1. The van der Waals surface area contributed by atoms with Crippen molar-refractivity contribution in [2.75, 3.05) is 26.4 Å². The van der Waals surface area contributed by atoms with E-state index in [2.05, 4.69) is 50.3 Å². The molecule has 0 radical (unpaired) electrons. The minimum Gasteiger partial charge on any atom is -0.457 e. The highest BCUT2D eigenvalue weighted by atomic mass is 16.7.